The van der Waals surface area contributed by atoms with E-state index in [0.717, 1.165) is 5.56 Å². The first-order chi connectivity index (χ1) is 8.76. The molecule has 2 aromatic carbocycles. The zero-order valence-corrected chi connectivity index (χ0v) is 10.0. The molecule has 0 N–H and O–H groups in total. The van der Waals surface area contributed by atoms with Crippen LogP contribution in [0.15, 0.2) is 42.5 Å². The highest BCUT2D eigenvalue weighted by molar-refractivity contribution is 5.88. The SMILES string of the molecule is CCOc1cccc(-c2cccc(F)c2C=O)c1. The molecule has 2 aromatic rings. The molecule has 0 saturated carbocycles. The van der Waals surface area contributed by atoms with Gasteiger partial charge in [0.1, 0.15) is 11.6 Å². The maximum Gasteiger partial charge on any atom is 0.153 e. The highest BCUT2D eigenvalue weighted by Crippen LogP contribution is 2.27. The number of benzene rings is 2. The second-order valence-corrected chi connectivity index (χ2v) is 3.78. The van der Waals surface area contributed by atoms with Crippen molar-refractivity contribution in [3.05, 3.63) is 53.8 Å². The molecule has 18 heavy (non-hydrogen) atoms. The molecular weight excluding hydrogens is 231 g/mol. The molecular formula is C15H13FO2. The molecule has 0 atom stereocenters. The molecule has 0 aliphatic heterocycles. The summed E-state index contributed by atoms with van der Waals surface area (Å²) in [6.07, 6.45) is 0.540. The number of halogens is 1. The Bertz CT molecular complexity index is 564. The summed E-state index contributed by atoms with van der Waals surface area (Å²) in [5, 5.41) is 0. The van der Waals surface area contributed by atoms with Crippen LogP contribution in [0.5, 0.6) is 5.75 Å². The third kappa shape index (κ3) is 2.40. The number of rotatable bonds is 4. The van der Waals surface area contributed by atoms with Crippen LogP contribution in [0.25, 0.3) is 11.1 Å². The zero-order chi connectivity index (χ0) is 13.0. The largest absolute Gasteiger partial charge is 0.494 e. The van der Waals surface area contributed by atoms with E-state index < -0.39 is 5.82 Å². The minimum Gasteiger partial charge on any atom is -0.494 e. The minimum atomic E-state index is -0.510. The van der Waals surface area contributed by atoms with E-state index in [1.54, 1.807) is 18.2 Å². The van der Waals surface area contributed by atoms with E-state index in [2.05, 4.69) is 0 Å². The summed E-state index contributed by atoms with van der Waals surface area (Å²) < 4.78 is 18.9. The Balaban J connectivity index is 2.51. The predicted octanol–water partition coefficient (Wildman–Crippen LogP) is 3.70. The normalized spacial score (nSPS) is 10.1. The van der Waals surface area contributed by atoms with Crippen LogP contribution in [-0.4, -0.2) is 12.9 Å². The van der Waals surface area contributed by atoms with Crippen LogP contribution >= 0.6 is 0 Å². The van der Waals surface area contributed by atoms with Crippen molar-refractivity contribution < 1.29 is 13.9 Å². The van der Waals surface area contributed by atoms with Crippen molar-refractivity contribution in [2.75, 3.05) is 6.61 Å². The molecule has 92 valence electrons. The fourth-order valence-corrected chi connectivity index (χ4v) is 1.83. The maximum atomic E-state index is 13.5. The zero-order valence-electron chi connectivity index (χ0n) is 10.0. The summed E-state index contributed by atoms with van der Waals surface area (Å²) in [5.74, 6) is 0.195. The summed E-state index contributed by atoms with van der Waals surface area (Å²) in [6.45, 7) is 2.46. The van der Waals surface area contributed by atoms with Crippen molar-refractivity contribution in [2.45, 2.75) is 6.92 Å². The molecule has 0 fully saturated rings. The Labute approximate surface area is 105 Å². The minimum absolute atomic E-state index is 0.0751. The van der Waals surface area contributed by atoms with Gasteiger partial charge in [-0.2, -0.15) is 0 Å². The van der Waals surface area contributed by atoms with Gasteiger partial charge in [0.25, 0.3) is 0 Å². The van der Waals surface area contributed by atoms with E-state index >= 15 is 0 Å². The molecule has 2 rings (SSSR count). The lowest BCUT2D eigenvalue weighted by Crippen LogP contribution is -1.94. The van der Waals surface area contributed by atoms with Crippen LogP contribution in [0, 0.1) is 5.82 Å². The standard InChI is InChI=1S/C15H13FO2/c1-2-18-12-6-3-5-11(9-12)13-7-4-8-15(16)14(13)10-17/h3-10H,2H2,1H3. The van der Waals surface area contributed by atoms with E-state index in [0.29, 0.717) is 24.2 Å². The van der Waals surface area contributed by atoms with Crippen LogP contribution < -0.4 is 4.74 Å². The Morgan fingerprint density at radius 2 is 2.00 bits per heavy atom. The number of ether oxygens (including phenoxy) is 1. The molecule has 2 nitrogen and oxygen atoms in total. The van der Waals surface area contributed by atoms with Gasteiger partial charge in [0.15, 0.2) is 6.29 Å². The molecule has 0 aliphatic rings. The van der Waals surface area contributed by atoms with Gasteiger partial charge in [-0.1, -0.05) is 24.3 Å². The summed E-state index contributed by atoms with van der Waals surface area (Å²) in [7, 11) is 0. The van der Waals surface area contributed by atoms with E-state index in [1.165, 1.54) is 6.07 Å². The highest BCUT2D eigenvalue weighted by atomic mass is 19.1. The topological polar surface area (TPSA) is 26.3 Å². The van der Waals surface area contributed by atoms with Gasteiger partial charge in [0.05, 0.1) is 12.2 Å². The lowest BCUT2D eigenvalue weighted by atomic mass is 10.00. The Hall–Kier alpha value is -2.16. The number of hydrogen-bond donors (Lipinski definition) is 0. The molecule has 0 spiro atoms. The molecule has 0 bridgehead atoms. The predicted molar refractivity (Wildman–Crippen MR) is 68.4 cm³/mol. The summed E-state index contributed by atoms with van der Waals surface area (Å²) in [4.78, 5) is 11.0. The lowest BCUT2D eigenvalue weighted by Gasteiger charge is -2.08. The van der Waals surface area contributed by atoms with Crippen LogP contribution in [0.4, 0.5) is 4.39 Å². The van der Waals surface area contributed by atoms with Crippen molar-refractivity contribution in [1.29, 1.82) is 0 Å². The molecule has 0 unspecified atom stereocenters. The van der Waals surface area contributed by atoms with Gasteiger partial charge < -0.3 is 4.74 Å². The smallest absolute Gasteiger partial charge is 0.153 e. The molecule has 3 heteroatoms. The summed E-state index contributed by atoms with van der Waals surface area (Å²) in [6, 6.07) is 11.9. The van der Waals surface area contributed by atoms with Crippen LogP contribution in [0.1, 0.15) is 17.3 Å². The van der Waals surface area contributed by atoms with Crippen molar-refractivity contribution in [2.24, 2.45) is 0 Å². The quantitative estimate of drug-likeness (QED) is 0.766. The second kappa shape index (κ2) is 5.45. The molecule has 0 saturated heterocycles. The molecule has 0 aliphatic carbocycles. The van der Waals surface area contributed by atoms with E-state index in [-0.39, 0.29) is 5.56 Å². The third-order valence-electron chi connectivity index (χ3n) is 2.63. The van der Waals surface area contributed by atoms with Gasteiger partial charge in [-0.3, -0.25) is 4.79 Å². The molecule has 0 heterocycles. The van der Waals surface area contributed by atoms with E-state index in [9.17, 15) is 9.18 Å². The Kier molecular flexibility index (Phi) is 3.72. The number of carbonyl (C=O) groups excluding carboxylic acids is 1. The maximum absolute atomic E-state index is 13.5. The van der Waals surface area contributed by atoms with Gasteiger partial charge in [-0.05, 0) is 36.2 Å². The first kappa shape index (κ1) is 12.3. The number of carbonyl (C=O) groups is 1. The van der Waals surface area contributed by atoms with Crippen molar-refractivity contribution in [3.63, 3.8) is 0 Å². The van der Waals surface area contributed by atoms with E-state index in [1.807, 2.05) is 25.1 Å². The van der Waals surface area contributed by atoms with Crippen molar-refractivity contribution in [3.8, 4) is 16.9 Å². The van der Waals surface area contributed by atoms with Crippen LogP contribution in [-0.2, 0) is 0 Å². The highest BCUT2D eigenvalue weighted by Gasteiger charge is 2.09. The van der Waals surface area contributed by atoms with Crippen molar-refractivity contribution in [1.82, 2.24) is 0 Å². The molecule has 0 amide bonds. The molecule has 0 radical (unpaired) electrons. The first-order valence-corrected chi connectivity index (χ1v) is 5.73. The van der Waals surface area contributed by atoms with Gasteiger partial charge in [0.2, 0.25) is 0 Å². The van der Waals surface area contributed by atoms with Crippen LogP contribution in [0.3, 0.4) is 0 Å². The van der Waals surface area contributed by atoms with Crippen molar-refractivity contribution >= 4 is 6.29 Å². The number of aldehydes is 1. The average Bonchev–Trinajstić information content (AvgIpc) is 2.39. The van der Waals surface area contributed by atoms with Gasteiger partial charge >= 0.3 is 0 Å². The lowest BCUT2D eigenvalue weighted by molar-refractivity contribution is 0.112. The Morgan fingerprint density at radius 3 is 2.72 bits per heavy atom. The Morgan fingerprint density at radius 1 is 1.22 bits per heavy atom. The van der Waals surface area contributed by atoms with Gasteiger partial charge in [-0.25, -0.2) is 4.39 Å². The van der Waals surface area contributed by atoms with Gasteiger partial charge in [0, 0.05) is 0 Å². The average molecular weight is 244 g/mol. The van der Waals surface area contributed by atoms with Crippen LogP contribution in [0.2, 0.25) is 0 Å². The monoisotopic (exact) mass is 244 g/mol. The first-order valence-electron chi connectivity index (χ1n) is 5.73. The fourth-order valence-electron chi connectivity index (χ4n) is 1.83. The molecule has 0 aromatic heterocycles. The summed E-state index contributed by atoms with van der Waals surface area (Å²) >= 11 is 0. The third-order valence-corrected chi connectivity index (χ3v) is 2.63. The van der Waals surface area contributed by atoms with E-state index in [4.69, 9.17) is 4.74 Å². The number of hydrogen-bond acceptors (Lipinski definition) is 2. The van der Waals surface area contributed by atoms with Gasteiger partial charge in [-0.15, -0.1) is 0 Å². The fraction of sp³-hybridized carbons (Fsp3) is 0.133. The second-order valence-electron chi connectivity index (χ2n) is 3.78. The summed E-state index contributed by atoms with van der Waals surface area (Å²) in [5.41, 5.74) is 1.42.